The van der Waals surface area contributed by atoms with E-state index in [2.05, 4.69) is 12.2 Å². The van der Waals surface area contributed by atoms with E-state index in [9.17, 15) is 9.59 Å². The number of rotatable bonds is 11. The maximum Gasteiger partial charge on any atom is 0.267 e. The lowest BCUT2D eigenvalue weighted by atomic mass is 10.1. The lowest BCUT2D eigenvalue weighted by Gasteiger charge is -2.33. The van der Waals surface area contributed by atoms with Crippen LogP contribution in [-0.4, -0.2) is 44.3 Å². The Balaban J connectivity index is 1.91. The van der Waals surface area contributed by atoms with Gasteiger partial charge in [-0.1, -0.05) is 13.3 Å². The van der Waals surface area contributed by atoms with Gasteiger partial charge in [0.2, 0.25) is 5.75 Å². The minimum atomic E-state index is -0.539. The van der Waals surface area contributed by atoms with Crippen LogP contribution in [0.4, 0.5) is 11.4 Å². The lowest BCUT2D eigenvalue weighted by molar-refractivity contribution is -0.125. The van der Waals surface area contributed by atoms with Crippen molar-refractivity contribution in [3.8, 4) is 23.0 Å². The van der Waals surface area contributed by atoms with Crippen molar-refractivity contribution in [3.05, 3.63) is 35.9 Å². The molecule has 1 aliphatic rings. The van der Waals surface area contributed by atoms with Crippen molar-refractivity contribution in [1.29, 1.82) is 0 Å². The van der Waals surface area contributed by atoms with E-state index < -0.39 is 6.10 Å². The first kappa shape index (κ1) is 25.2. The van der Waals surface area contributed by atoms with Crippen molar-refractivity contribution in [1.82, 2.24) is 0 Å². The Morgan fingerprint density at radius 2 is 1.65 bits per heavy atom. The Morgan fingerprint density at radius 3 is 2.24 bits per heavy atom. The predicted molar refractivity (Wildman–Crippen MR) is 132 cm³/mol. The molecule has 0 spiro atoms. The first-order valence-electron chi connectivity index (χ1n) is 11.9. The Kier molecular flexibility index (Phi) is 8.62. The monoisotopic (exact) mass is 470 g/mol. The summed E-state index contributed by atoms with van der Waals surface area (Å²) < 4.78 is 22.9. The quantitative estimate of drug-likeness (QED) is 0.495. The third-order valence-electron chi connectivity index (χ3n) is 5.33. The fourth-order valence-electron chi connectivity index (χ4n) is 3.75. The molecule has 1 atom stereocenters. The van der Waals surface area contributed by atoms with Gasteiger partial charge < -0.3 is 29.2 Å². The average Bonchev–Trinajstić information content (AvgIpc) is 2.82. The van der Waals surface area contributed by atoms with Gasteiger partial charge in [0.15, 0.2) is 17.6 Å². The van der Waals surface area contributed by atoms with E-state index in [1.54, 1.807) is 42.2 Å². The van der Waals surface area contributed by atoms with Crippen LogP contribution in [0.1, 0.15) is 57.8 Å². The fourth-order valence-corrected chi connectivity index (χ4v) is 3.75. The molecule has 1 unspecified atom stereocenters. The minimum Gasteiger partial charge on any atom is -0.490 e. The molecular weight excluding hydrogens is 436 g/mol. The first-order chi connectivity index (χ1) is 16.4. The van der Waals surface area contributed by atoms with Crippen molar-refractivity contribution in [2.24, 2.45) is 0 Å². The van der Waals surface area contributed by atoms with Gasteiger partial charge in [0.1, 0.15) is 5.75 Å². The molecule has 8 heteroatoms. The van der Waals surface area contributed by atoms with Gasteiger partial charge in [-0.25, -0.2) is 0 Å². The molecule has 184 valence electrons. The van der Waals surface area contributed by atoms with E-state index in [-0.39, 0.29) is 11.8 Å². The van der Waals surface area contributed by atoms with Crippen LogP contribution in [0, 0.1) is 0 Å². The van der Waals surface area contributed by atoms with Gasteiger partial charge in [0, 0.05) is 17.8 Å². The Bertz CT molecular complexity index is 995. The maximum atomic E-state index is 13.2. The molecule has 0 radical (unpaired) electrons. The van der Waals surface area contributed by atoms with Gasteiger partial charge in [0.05, 0.1) is 25.5 Å². The number of hydrogen-bond donors (Lipinski definition) is 1. The number of fused-ring (bicyclic) bond motifs is 1. The minimum absolute atomic E-state index is 0.0846. The summed E-state index contributed by atoms with van der Waals surface area (Å²) in [7, 11) is 0. The molecule has 1 heterocycles. The van der Waals surface area contributed by atoms with Gasteiger partial charge in [-0.15, -0.1) is 0 Å². The molecule has 1 aliphatic heterocycles. The third-order valence-corrected chi connectivity index (χ3v) is 5.33. The summed E-state index contributed by atoms with van der Waals surface area (Å²) in [5.74, 6) is 1.58. The van der Waals surface area contributed by atoms with Crippen molar-refractivity contribution < 1.29 is 28.5 Å². The predicted octanol–water partition coefficient (Wildman–Crippen LogP) is 5.05. The van der Waals surface area contributed by atoms with Crippen molar-refractivity contribution >= 4 is 23.2 Å². The average molecular weight is 471 g/mol. The van der Waals surface area contributed by atoms with Gasteiger partial charge in [-0.05, 0) is 64.4 Å². The van der Waals surface area contributed by atoms with E-state index in [0.717, 1.165) is 12.8 Å². The molecule has 2 aromatic carbocycles. The van der Waals surface area contributed by atoms with Crippen LogP contribution in [0.5, 0.6) is 23.0 Å². The molecule has 0 aliphatic carbocycles. The van der Waals surface area contributed by atoms with E-state index in [0.29, 0.717) is 66.3 Å². The highest BCUT2D eigenvalue weighted by Gasteiger charge is 2.31. The van der Waals surface area contributed by atoms with Gasteiger partial charge in [-0.3, -0.25) is 9.59 Å². The summed E-state index contributed by atoms with van der Waals surface area (Å²) >= 11 is 0. The van der Waals surface area contributed by atoms with Crippen LogP contribution >= 0.6 is 0 Å². The van der Waals surface area contributed by atoms with E-state index in [4.69, 9.17) is 18.9 Å². The number of unbranched alkanes of at least 4 members (excludes halogenated alkanes) is 1. The molecule has 3 rings (SSSR count). The second kappa shape index (κ2) is 11.6. The zero-order valence-electron chi connectivity index (χ0n) is 20.6. The summed E-state index contributed by atoms with van der Waals surface area (Å²) in [6.45, 7) is 11.3. The second-order valence-electron chi connectivity index (χ2n) is 7.84. The van der Waals surface area contributed by atoms with E-state index in [1.165, 1.54) is 0 Å². The number of hydrogen-bond acceptors (Lipinski definition) is 6. The van der Waals surface area contributed by atoms with Gasteiger partial charge >= 0.3 is 0 Å². The number of carbonyl (C=O) groups excluding carboxylic acids is 2. The maximum absolute atomic E-state index is 13.2. The van der Waals surface area contributed by atoms with Crippen LogP contribution in [0.25, 0.3) is 0 Å². The molecule has 0 saturated carbocycles. The third kappa shape index (κ3) is 5.55. The van der Waals surface area contributed by atoms with Crippen molar-refractivity contribution in [2.45, 2.75) is 53.6 Å². The number of benzene rings is 2. The molecule has 34 heavy (non-hydrogen) atoms. The molecule has 0 bridgehead atoms. The molecular formula is C26H34N2O6. The largest absolute Gasteiger partial charge is 0.490 e. The van der Waals surface area contributed by atoms with Crippen LogP contribution in [0.2, 0.25) is 0 Å². The highest BCUT2D eigenvalue weighted by molar-refractivity contribution is 6.06. The first-order valence-corrected chi connectivity index (χ1v) is 11.9. The van der Waals surface area contributed by atoms with Crippen LogP contribution in [-0.2, 0) is 4.79 Å². The van der Waals surface area contributed by atoms with Gasteiger partial charge in [0.25, 0.3) is 11.8 Å². The summed E-state index contributed by atoms with van der Waals surface area (Å²) in [6.07, 6.45) is 1.30. The highest BCUT2D eigenvalue weighted by atomic mass is 16.5. The number of nitrogens with one attached hydrogen (secondary N) is 1. The molecule has 0 fully saturated rings. The Labute approximate surface area is 201 Å². The van der Waals surface area contributed by atoms with E-state index >= 15 is 0 Å². The number of nitrogens with zero attached hydrogens (tertiary/aromatic N) is 1. The second-order valence-corrected chi connectivity index (χ2v) is 7.84. The van der Waals surface area contributed by atoms with Crippen molar-refractivity contribution in [3.63, 3.8) is 0 Å². The SMILES string of the molecule is CCCCN1C(=O)C(C)Oc2ccc(NC(=O)c3cc(OCC)c(OCC)c(OCC)c3)cc21. The molecule has 0 saturated heterocycles. The lowest BCUT2D eigenvalue weighted by Crippen LogP contribution is -2.44. The summed E-state index contributed by atoms with van der Waals surface area (Å²) in [5.41, 5.74) is 1.59. The van der Waals surface area contributed by atoms with Crippen LogP contribution in [0.15, 0.2) is 30.3 Å². The number of anilines is 2. The van der Waals surface area contributed by atoms with E-state index in [1.807, 2.05) is 20.8 Å². The Morgan fingerprint density at radius 1 is 1.00 bits per heavy atom. The van der Waals surface area contributed by atoms with Gasteiger partial charge in [-0.2, -0.15) is 0 Å². The number of amides is 2. The highest BCUT2D eigenvalue weighted by Crippen LogP contribution is 2.40. The topological polar surface area (TPSA) is 86.3 Å². The zero-order valence-corrected chi connectivity index (χ0v) is 20.6. The summed E-state index contributed by atoms with van der Waals surface area (Å²) in [5, 5.41) is 2.92. The molecule has 1 N–H and O–H groups in total. The standard InChI is InChI=1S/C26H34N2O6/c1-6-10-13-28-20-16-19(11-12-21(20)34-17(5)26(28)30)27-25(29)18-14-22(31-7-2)24(33-9-4)23(15-18)32-8-3/h11-12,14-17H,6-10,13H2,1-5H3,(H,27,29). The Hall–Kier alpha value is -3.42. The fraction of sp³-hybridized carbons (Fsp3) is 0.462. The van der Waals surface area contributed by atoms with Crippen LogP contribution < -0.4 is 29.2 Å². The van der Waals surface area contributed by atoms with Crippen LogP contribution in [0.3, 0.4) is 0 Å². The normalized spacial score (nSPS) is 14.8. The molecule has 0 aromatic heterocycles. The molecule has 2 aromatic rings. The number of carbonyl (C=O) groups is 2. The summed E-state index contributed by atoms with van der Waals surface area (Å²) in [4.78, 5) is 27.6. The zero-order chi connectivity index (χ0) is 24.7. The van der Waals surface area contributed by atoms with Crippen molar-refractivity contribution in [2.75, 3.05) is 36.6 Å². The number of ether oxygens (including phenoxy) is 4. The smallest absolute Gasteiger partial charge is 0.267 e. The summed E-state index contributed by atoms with van der Waals surface area (Å²) in [6, 6.07) is 8.61. The molecule has 2 amide bonds. The molecule has 8 nitrogen and oxygen atoms in total.